The average molecular weight is 552 g/mol. The third-order valence-electron chi connectivity index (χ3n) is 8.44. The lowest BCUT2D eigenvalue weighted by Gasteiger charge is -2.18. The van der Waals surface area contributed by atoms with Gasteiger partial charge in [0.1, 0.15) is 0 Å². The van der Waals surface area contributed by atoms with Crippen LogP contribution in [0.15, 0.2) is 157 Å². The van der Waals surface area contributed by atoms with Gasteiger partial charge in [0.05, 0.1) is 33.8 Å². The third-order valence-corrected chi connectivity index (χ3v) is 8.44. The van der Waals surface area contributed by atoms with Crippen molar-refractivity contribution in [2.24, 2.45) is 4.99 Å². The van der Waals surface area contributed by atoms with Crippen molar-refractivity contribution in [3.05, 3.63) is 163 Å². The molecule has 8 aromatic rings. The van der Waals surface area contributed by atoms with Crippen LogP contribution in [0, 0.1) is 0 Å². The van der Waals surface area contributed by atoms with Gasteiger partial charge in [-0.2, -0.15) is 0 Å². The van der Waals surface area contributed by atoms with Crippen LogP contribution in [0.2, 0.25) is 0 Å². The first-order valence-electron chi connectivity index (χ1n) is 14.7. The highest BCUT2D eigenvalue weighted by Crippen LogP contribution is 2.41. The van der Waals surface area contributed by atoms with Crippen molar-refractivity contribution in [1.82, 2.24) is 4.57 Å². The van der Waals surface area contributed by atoms with Crippen molar-refractivity contribution in [3.63, 3.8) is 0 Å². The molecule has 0 amide bonds. The lowest BCUT2D eigenvalue weighted by molar-refractivity contribution is 1.16. The Morgan fingerprint density at radius 3 is 1.65 bits per heavy atom. The monoisotopic (exact) mass is 551 g/mol. The topological polar surface area (TPSA) is 43.3 Å². The van der Waals surface area contributed by atoms with Gasteiger partial charge < -0.3 is 10.3 Å². The Balaban J connectivity index is 1.44. The number of fused-ring (bicyclic) bond motifs is 6. The van der Waals surface area contributed by atoms with Gasteiger partial charge in [-0.25, -0.2) is 4.99 Å². The zero-order valence-electron chi connectivity index (χ0n) is 23.6. The zero-order chi connectivity index (χ0) is 28.8. The van der Waals surface area contributed by atoms with Crippen molar-refractivity contribution in [1.29, 1.82) is 0 Å². The van der Waals surface area contributed by atoms with Crippen LogP contribution in [0.1, 0.15) is 11.1 Å². The Morgan fingerprint density at radius 2 is 0.977 bits per heavy atom. The van der Waals surface area contributed by atoms with Crippen LogP contribution in [0.25, 0.3) is 49.0 Å². The van der Waals surface area contributed by atoms with E-state index in [1.807, 2.05) is 6.07 Å². The van der Waals surface area contributed by atoms with Gasteiger partial charge in [-0.3, -0.25) is 0 Å². The molecule has 1 aromatic heterocycles. The lowest BCUT2D eigenvalue weighted by atomic mass is 9.97. The molecule has 43 heavy (non-hydrogen) atoms. The number of nitrogen functional groups attached to an aromatic ring is 1. The second-order valence-electron chi connectivity index (χ2n) is 11.0. The lowest BCUT2D eigenvalue weighted by Crippen LogP contribution is -2.10. The third kappa shape index (κ3) is 4.17. The highest BCUT2D eigenvalue weighted by molar-refractivity contribution is 6.20. The number of nitrogens with two attached hydrogens (primary N) is 1. The van der Waals surface area contributed by atoms with E-state index in [0.717, 1.165) is 44.2 Å². The first-order chi connectivity index (χ1) is 21.3. The minimum atomic E-state index is 0.662. The van der Waals surface area contributed by atoms with Gasteiger partial charge in [-0.1, -0.05) is 133 Å². The summed E-state index contributed by atoms with van der Waals surface area (Å²) in [6, 6.07) is 53.3. The van der Waals surface area contributed by atoms with Crippen LogP contribution in [-0.4, -0.2) is 10.3 Å². The SMILES string of the molecule is Nc1c(N=C(Cc2ccccc2)c2ccccc2-n2c3ccccc3c3ccccc32)c2ccccc2c2ccccc12. The number of aliphatic imine (C=N–C) groups is 1. The summed E-state index contributed by atoms with van der Waals surface area (Å²) in [4.78, 5) is 5.51. The van der Waals surface area contributed by atoms with E-state index in [-0.39, 0.29) is 0 Å². The van der Waals surface area contributed by atoms with E-state index in [4.69, 9.17) is 10.7 Å². The molecule has 0 saturated carbocycles. The summed E-state index contributed by atoms with van der Waals surface area (Å²) in [5, 5.41) is 6.84. The molecular formula is C40H29N3. The van der Waals surface area contributed by atoms with Crippen LogP contribution < -0.4 is 5.73 Å². The summed E-state index contributed by atoms with van der Waals surface area (Å²) in [6.45, 7) is 0. The Labute approximate surface area is 250 Å². The van der Waals surface area contributed by atoms with E-state index < -0.39 is 0 Å². The molecule has 2 N–H and O–H groups in total. The minimum absolute atomic E-state index is 0.662. The van der Waals surface area contributed by atoms with E-state index in [0.29, 0.717) is 12.1 Å². The van der Waals surface area contributed by atoms with Gasteiger partial charge in [-0.15, -0.1) is 0 Å². The maximum Gasteiger partial charge on any atom is 0.0947 e. The van der Waals surface area contributed by atoms with Gasteiger partial charge in [0, 0.05) is 33.5 Å². The fourth-order valence-electron chi connectivity index (χ4n) is 6.48. The molecule has 204 valence electrons. The summed E-state index contributed by atoms with van der Waals surface area (Å²) < 4.78 is 2.38. The van der Waals surface area contributed by atoms with Gasteiger partial charge in [0.15, 0.2) is 0 Å². The Bertz CT molecular complexity index is 2270. The van der Waals surface area contributed by atoms with Gasteiger partial charge in [-0.05, 0) is 34.5 Å². The molecule has 3 heteroatoms. The van der Waals surface area contributed by atoms with E-state index >= 15 is 0 Å². The first-order valence-corrected chi connectivity index (χ1v) is 14.7. The normalized spacial score (nSPS) is 12.0. The quantitative estimate of drug-likeness (QED) is 0.129. The highest BCUT2D eigenvalue weighted by Gasteiger charge is 2.19. The summed E-state index contributed by atoms with van der Waals surface area (Å²) in [7, 11) is 0. The van der Waals surface area contributed by atoms with E-state index in [2.05, 4.69) is 150 Å². The van der Waals surface area contributed by atoms with Crippen LogP contribution >= 0.6 is 0 Å². The summed E-state index contributed by atoms with van der Waals surface area (Å²) in [5.74, 6) is 0. The largest absolute Gasteiger partial charge is 0.396 e. The second kappa shape index (κ2) is 10.3. The number of benzene rings is 7. The van der Waals surface area contributed by atoms with Crippen molar-refractivity contribution in [3.8, 4) is 5.69 Å². The molecule has 0 saturated heterocycles. The fourth-order valence-corrected chi connectivity index (χ4v) is 6.48. The van der Waals surface area contributed by atoms with E-state index in [1.54, 1.807) is 0 Å². The maximum absolute atomic E-state index is 6.97. The van der Waals surface area contributed by atoms with E-state index in [1.165, 1.54) is 27.4 Å². The highest BCUT2D eigenvalue weighted by atomic mass is 15.0. The molecule has 0 aliphatic heterocycles. The van der Waals surface area contributed by atoms with Crippen molar-refractivity contribution < 1.29 is 0 Å². The standard InChI is InChI=1S/C40H29N3/c41-39-32-20-6-4-16-28(32)29-17-5-7-21-33(29)40(39)42-35(26-27-14-2-1-3-15-27)34-22-10-13-25-38(34)43-36-23-11-8-18-30(36)31-19-9-12-24-37(31)43/h1-25H,26,41H2. The van der Waals surface area contributed by atoms with Gasteiger partial charge in [0.2, 0.25) is 0 Å². The molecule has 0 spiro atoms. The molecule has 0 fully saturated rings. The predicted molar refractivity (Wildman–Crippen MR) is 183 cm³/mol. The van der Waals surface area contributed by atoms with Gasteiger partial charge >= 0.3 is 0 Å². The van der Waals surface area contributed by atoms with Crippen LogP contribution in [-0.2, 0) is 6.42 Å². The Hall–Kier alpha value is -5.67. The van der Waals surface area contributed by atoms with Crippen molar-refractivity contribution in [2.45, 2.75) is 6.42 Å². The molecular weight excluding hydrogens is 522 g/mol. The average Bonchev–Trinajstić information content (AvgIpc) is 3.41. The molecule has 7 aromatic carbocycles. The molecule has 0 radical (unpaired) electrons. The van der Waals surface area contributed by atoms with Gasteiger partial charge in [0.25, 0.3) is 0 Å². The molecule has 0 bridgehead atoms. The Kier molecular flexibility index (Phi) is 6.01. The van der Waals surface area contributed by atoms with E-state index in [9.17, 15) is 0 Å². The summed E-state index contributed by atoms with van der Waals surface area (Å²) in [5.41, 5.74) is 15.2. The number of hydrogen-bond acceptors (Lipinski definition) is 2. The number of aromatic nitrogens is 1. The first kappa shape index (κ1) is 25.1. The summed E-state index contributed by atoms with van der Waals surface area (Å²) in [6.07, 6.45) is 0.662. The van der Waals surface area contributed by atoms with Crippen molar-refractivity contribution >= 4 is 60.4 Å². The summed E-state index contributed by atoms with van der Waals surface area (Å²) >= 11 is 0. The number of para-hydroxylation sites is 3. The maximum atomic E-state index is 6.97. The zero-order valence-corrected chi connectivity index (χ0v) is 23.6. The second-order valence-corrected chi connectivity index (χ2v) is 11.0. The fraction of sp³-hybridized carbons (Fsp3) is 0.0250. The predicted octanol–water partition coefficient (Wildman–Crippen LogP) is 10.0. The number of hydrogen-bond donors (Lipinski definition) is 1. The Morgan fingerprint density at radius 1 is 0.488 bits per heavy atom. The molecule has 3 nitrogen and oxygen atoms in total. The van der Waals surface area contributed by atoms with Crippen LogP contribution in [0.5, 0.6) is 0 Å². The number of rotatable bonds is 5. The molecule has 0 atom stereocenters. The molecule has 1 heterocycles. The smallest absolute Gasteiger partial charge is 0.0947 e. The van der Waals surface area contributed by atoms with Crippen LogP contribution in [0.3, 0.4) is 0 Å². The molecule has 0 aliphatic rings. The number of nitrogens with zero attached hydrogens (tertiary/aromatic N) is 2. The van der Waals surface area contributed by atoms with Crippen molar-refractivity contribution in [2.75, 3.05) is 5.73 Å². The molecule has 0 aliphatic carbocycles. The minimum Gasteiger partial charge on any atom is -0.396 e. The number of anilines is 1. The van der Waals surface area contributed by atoms with Crippen LogP contribution in [0.4, 0.5) is 11.4 Å². The molecule has 0 unspecified atom stereocenters. The molecule has 8 rings (SSSR count).